The SMILES string of the molecule is CC[C@@H](Cn1ccnc1)NC(=O)c1c(C)cc(C)[nH]c1=O. The van der Waals surface area contributed by atoms with Crippen LogP contribution >= 0.6 is 0 Å². The number of hydrogen-bond acceptors (Lipinski definition) is 3. The number of hydrogen-bond donors (Lipinski definition) is 2. The number of nitrogens with one attached hydrogen (secondary N) is 2. The number of aromatic amines is 1. The first-order valence-electron chi connectivity index (χ1n) is 6.98. The van der Waals surface area contributed by atoms with E-state index in [4.69, 9.17) is 0 Å². The van der Waals surface area contributed by atoms with Crippen molar-refractivity contribution in [3.8, 4) is 0 Å². The van der Waals surface area contributed by atoms with Crippen molar-refractivity contribution in [2.24, 2.45) is 0 Å². The van der Waals surface area contributed by atoms with Gasteiger partial charge in [0.2, 0.25) is 0 Å². The van der Waals surface area contributed by atoms with Gasteiger partial charge < -0.3 is 14.9 Å². The van der Waals surface area contributed by atoms with E-state index in [0.29, 0.717) is 12.1 Å². The Morgan fingerprint density at radius 2 is 2.24 bits per heavy atom. The van der Waals surface area contributed by atoms with Gasteiger partial charge >= 0.3 is 0 Å². The van der Waals surface area contributed by atoms with Crippen molar-refractivity contribution in [1.29, 1.82) is 0 Å². The van der Waals surface area contributed by atoms with E-state index >= 15 is 0 Å². The number of pyridine rings is 1. The summed E-state index contributed by atoms with van der Waals surface area (Å²) in [6.07, 6.45) is 6.02. The van der Waals surface area contributed by atoms with Gasteiger partial charge in [0.15, 0.2) is 0 Å². The molecule has 112 valence electrons. The Labute approximate surface area is 123 Å². The Morgan fingerprint density at radius 1 is 1.48 bits per heavy atom. The molecule has 2 rings (SSSR count). The number of carbonyl (C=O) groups is 1. The molecular formula is C15H20N4O2. The van der Waals surface area contributed by atoms with Crippen LogP contribution in [0.5, 0.6) is 0 Å². The summed E-state index contributed by atoms with van der Waals surface area (Å²) in [7, 11) is 0. The minimum Gasteiger partial charge on any atom is -0.347 e. The van der Waals surface area contributed by atoms with Crippen molar-refractivity contribution >= 4 is 5.91 Å². The van der Waals surface area contributed by atoms with Crippen LogP contribution < -0.4 is 10.9 Å². The van der Waals surface area contributed by atoms with Gasteiger partial charge in [-0.1, -0.05) is 6.92 Å². The lowest BCUT2D eigenvalue weighted by molar-refractivity contribution is 0.0929. The Bertz CT molecular complexity index is 673. The van der Waals surface area contributed by atoms with E-state index < -0.39 is 0 Å². The van der Waals surface area contributed by atoms with Gasteiger partial charge in [-0.2, -0.15) is 0 Å². The molecular weight excluding hydrogens is 268 g/mol. The summed E-state index contributed by atoms with van der Waals surface area (Å²) in [5.74, 6) is -0.333. The molecule has 0 aliphatic carbocycles. The maximum Gasteiger partial charge on any atom is 0.261 e. The molecule has 6 heteroatoms. The molecule has 2 N–H and O–H groups in total. The molecule has 0 fully saturated rings. The van der Waals surface area contributed by atoms with Crippen LogP contribution in [0.1, 0.15) is 35.0 Å². The van der Waals surface area contributed by atoms with Crippen molar-refractivity contribution in [3.05, 3.63) is 52.0 Å². The maximum absolute atomic E-state index is 12.3. The van der Waals surface area contributed by atoms with E-state index in [1.54, 1.807) is 32.4 Å². The van der Waals surface area contributed by atoms with E-state index in [1.807, 2.05) is 17.7 Å². The molecule has 0 aliphatic rings. The zero-order valence-corrected chi connectivity index (χ0v) is 12.5. The van der Waals surface area contributed by atoms with Crippen molar-refractivity contribution in [1.82, 2.24) is 19.9 Å². The number of amides is 1. The highest BCUT2D eigenvalue weighted by Crippen LogP contribution is 2.05. The predicted octanol–water partition coefficient (Wildman–Crippen LogP) is 1.40. The zero-order chi connectivity index (χ0) is 15.4. The van der Waals surface area contributed by atoms with Crippen LogP contribution in [-0.2, 0) is 6.54 Å². The fourth-order valence-corrected chi connectivity index (χ4v) is 2.32. The molecule has 0 spiro atoms. The highest BCUT2D eigenvalue weighted by molar-refractivity contribution is 5.95. The van der Waals surface area contributed by atoms with E-state index in [1.165, 1.54) is 0 Å². The molecule has 2 aromatic rings. The topological polar surface area (TPSA) is 79.8 Å². The summed E-state index contributed by atoms with van der Waals surface area (Å²) < 4.78 is 1.90. The first-order valence-corrected chi connectivity index (χ1v) is 6.98. The van der Waals surface area contributed by atoms with Gasteiger partial charge in [0.25, 0.3) is 11.5 Å². The maximum atomic E-state index is 12.3. The smallest absolute Gasteiger partial charge is 0.261 e. The van der Waals surface area contributed by atoms with Crippen LogP contribution in [0.25, 0.3) is 0 Å². The molecule has 0 saturated carbocycles. The van der Waals surface area contributed by atoms with Crippen LogP contribution in [0.4, 0.5) is 0 Å². The highest BCUT2D eigenvalue weighted by Gasteiger charge is 2.17. The Hall–Kier alpha value is -2.37. The summed E-state index contributed by atoms with van der Waals surface area (Å²) in [5, 5.41) is 2.91. The van der Waals surface area contributed by atoms with Crippen LogP contribution in [0.15, 0.2) is 29.6 Å². The first kappa shape index (κ1) is 15.0. The van der Waals surface area contributed by atoms with Crippen molar-refractivity contribution < 1.29 is 4.79 Å². The van der Waals surface area contributed by atoms with Crippen LogP contribution in [0, 0.1) is 13.8 Å². The number of H-pyrrole nitrogens is 1. The zero-order valence-electron chi connectivity index (χ0n) is 12.5. The average molecular weight is 288 g/mol. The largest absolute Gasteiger partial charge is 0.347 e. The molecule has 0 aromatic carbocycles. The second-order valence-electron chi connectivity index (χ2n) is 5.18. The number of rotatable bonds is 5. The third-order valence-corrected chi connectivity index (χ3v) is 3.41. The Balaban J connectivity index is 2.15. The second kappa shape index (κ2) is 6.39. The van der Waals surface area contributed by atoms with E-state index in [-0.39, 0.29) is 23.1 Å². The minimum absolute atomic E-state index is 0.0493. The predicted molar refractivity (Wildman–Crippen MR) is 80.3 cm³/mol. The van der Waals surface area contributed by atoms with Crippen molar-refractivity contribution in [2.75, 3.05) is 0 Å². The lowest BCUT2D eigenvalue weighted by atomic mass is 10.1. The van der Waals surface area contributed by atoms with Gasteiger partial charge in [0.1, 0.15) is 5.56 Å². The summed E-state index contributed by atoms with van der Waals surface area (Å²) in [6.45, 7) is 6.19. The molecule has 0 radical (unpaired) electrons. The fourth-order valence-electron chi connectivity index (χ4n) is 2.32. The highest BCUT2D eigenvalue weighted by atomic mass is 16.2. The first-order chi connectivity index (χ1) is 10.0. The third kappa shape index (κ3) is 3.59. The average Bonchev–Trinajstić information content (AvgIpc) is 2.89. The quantitative estimate of drug-likeness (QED) is 0.872. The van der Waals surface area contributed by atoms with E-state index in [2.05, 4.69) is 15.3 Å². The third-order valence-electron chi connectivity index (χ3n) is 3.41. The minimum atomic E-state index is -0.345. The monoisotopic (exact) mass is 288 g/mol. The Kier molecular flexibility index (Phi) is 4.57. The van der Waals surface area contributed by atoms with Gasteiger partial charge in [0, 0.05) is 30.7 Å². The van der Waals surface area contributed by atoms with Crippen LogP contribution in [0.2, 0.25) is 0 Å². The van der Waals surface area contributed by atoms with Gasteiger partial charge in [-0.3, -0.25) is 9.59 Å². The number of aryl methyl sites for hydroxylation is 2. The number of carbonyl (C=O) groups excluding carboxylic acids is 1. The normalized spacial score (nSPS) is 12.1. The summed E-state index contributed by atoms with van der Waals surface area (Å²) >= 11 is 0. The number of nitrogens with zero attached hydrogens (tertiary/aromatic N) is 2. The Morgan fingerprint density at radius 3 is 2.81 bits per heavy atom. The number of imidazole rings is 1. The van der Waals surface area contributed by atoms with Crippen molar-refractivity contribution in [3.63, 3.8) is 0 Å². The molecule has 1 amide bonds. The van der Waals surface area contributed by atoms with Gasteiger partial charge in [-0.05, 0) is 31.9 Å². The molecule has 0 saturated heterocycles. The summed E-state index contributed by atoms with van der Waals surface area (Å²) in [4.78, 5) is 30.9. The van der Waals surface area contributed by atoms with E-state index in [9.17, 15) is 9.59 Å². The molecule has 6 nitrogen and oxygen atoms in total. The molecule has 0 bridgehead atoms. The molecule has 0 unspecified atom stereocenters. The van der Waals surface area contributed by atoms with Crippen molar-refractivity contribution in [2.45, 2.75) is 39.8 Å². The number of aromatic nitrogens is 3. The fraction of sp³-hybridized carbons (Fsp3) is 0.400. The molecule has 2 heterocycles. The van der Waals surface area contributed by atoms with Crippen LogP contribution in [0.3, 0.4) is 0 Å². The van der Waals surface area contributed by atoms with Gasteiger partial charge in [0.05, 0.1) is 6.33 Å². The standard InChI is InChI=1S/C15H20N4O2/c1-4-12(8-19-6-5-16-9-19)18-15(21)13-10(2)7-11(3)17-14(13)20/h5-7,9,12H,4,8H2,1-3H3,(H,17,20)(H,18,21)/t12-/m0/s1. The van der Waals surface area contributed by atoms with Gasteiger partial charge in [-0.15, -0.1) is 0 Å². The molecule has 21 heavy (non-hydrogen) atoms. The molecule has 1 atom stereocenters. The molecule has 2 aromatic heterocycles. The lowest BCUT2D eigenvalue weighted by Gasteiger charge is -2.18. The lowest BCUT2D eigenvalue weighted by Crippen LogP contribution is -2.40. The molecule has 0 aliphatic heterocycles. The van der Waals surface area contributed by atoms with Gasteiger partial charge in [-0.25, -0.2) is 4.98 Å². The summed E-state index contributed by atoms with van der Waals surface area (Å²) in [5.41, 5.74) is 1.28. The van der Waals surface area contributed by atoms with E-state index in [0.717, 1.165) is 12.1 Å². The summed E-state index contributed by atoms with van der Waals surface area (Å²) in [6, 6.07) is 1.75. The van der Waals surface area contributed by atoms with Crippen LogP contribution in [-0.4, -0.2) is 26.5 Å². The second-order valence-corrected chi connectivity index (χ2v) is 5.18.